The molecule has 1 aromatic carbocycles. The van der Waals surface area contributed by atoms with Crippen molar-refractivity contribution >= 4 is 22.8 Å². The minimum Gasteiger partial charge on any atom is -0.510 e. The summed E-state index contributed by atoms with van der Waals surface area (Å²) in [6.45, 7) is 7.49. The van der Waals surface area contributed by atoms with Gasteiger partial charge >= 0.3 is 0 Å². The highest BCUT2D eigenvalue weighted by atomic mass is 32.1. The van der Waals surface area contributed by atoms with Crippen LogP contribution in [0.2, 0.25) is 0 Å². The summed E-state index contributed by atoms with van der Waals surface area (Å²) in [6.07, 6.45) is 4.12. The zero-order chi connectivity index (χ0) is 19.2. The van der Waals surface area contributed by atoms with Crippen LogP contribution in [0.1, 0.15) is 50.0 Å². The molecule has 0 fully saturated rings. The molecular weight excluding hydrogens is 354 g/mol. The number of thiophene rings is 1. The first-order valence-electron chi connectivity index (χ1n) is 9.56. The lowest BCUT2D eigenvalue weighted by Crippen LogP contribution is -2.32. The lowest BCUT2D eigenvalue weighted by molar-refractivity contribution is -0.118. The number of aliphatic hydroxyl groups excluding tert-OH is 1. The number of carbonyl (C=O) groups excluding carboxylic acids is 1. The van der Waals surface area contributed by atoms with Crippen molar-refractivity contribution in [3.8, 4) is 0 Å². The van der Waals surface area contributed by atoms with Crippen LogP contribution in [0.3, 0.4) is 0 Å². The van der Waals surface area contributed by atoms with Crippen LogP contribution in [0, 0.1) is 0 Å². The summed E-state index contributed by atoms with van der Waals surface area (Å²) >= 11 is 1.51. The van der Waals surface area contributed by atoms with Gasteiger partial charge in [-0.1, -0.05) is 51.5 Å². The fraction of sp³-hybridized carbons (Fsp3) is 0.348. The van der Waals surface area contributed by atoms with Crippen LogP contribution in [0.5, 0.6) is 0 Å². The van der Waals surface area contributed by atoms with Gasteiger partial charge in [-0.25, -0.2) is 0 Å². The van der Waals surface area contributed by atoms with Crippen molar-refractivity contribution in [3.05, 3.63) is 75.3 Å². The third-order valence-corrected chi connectivity index (χ3v) is 6.66. The Labute approximate surface area is 164 Å². The normalized spacial score (nSPS) is 22.3. The molecule has 1 aromatic heterocycles. The van der Waals surface area contributed by atoms with E-state index in [0.29, 0.717) is 5.57 Å². The molecular formula is C23H25NO2S. The third kappa shape index (κ3) is 2.74. The van der Waals surface area contributed by atoms with Gasteiger partial charge in [-0.05, 0) is 35.6 Å². The molecule has 4 rings (SSSR count). The molecule has 140 valence electrons. The van der Waals surface area contributed by atoms with Crippen LogP contribution in [0.4, 0.5) is 5.69 Å². The Hall–Kier alpha value is -2.33. The van der Waals surface area contributed by atoms with Gasteiger partial charge in [0.05, 0.1) is 5.57 Å². The number of unbranched alkanes of at least 4 members (excludes halogenated alkanes) is 1. The molecule has 0 amide bonds. The molecule has 1 aliphatic heterocycles. The van der Waals surface area contributed by atoms with E-state index >= 15 is 0 Å². The lowest BCUT2D eigenvalue weighted by atomic mass is 9.77. The van der Waals surface area contributed by atoms with E-state index in [4.69, 9.17) is 0 Å². The molecule has 2 aromatic rings. The predicted octanol–water partition coefficient (Wildman–Crippen LogP) is 5.71. The average Bonchev–Trinajstić information content (AvgIpc) is 3.24. The summed E-state index contributed by atoms with van der Waals surface area (Å²) in [5.41, 5.74) is 3.84. The highest BCUT2D eigenvalue weighted by Crippen LogP contribution is 2.49. The minimum atomic E-state index is -0.479. The Bertz CT molecular complexity index is 937. The Kier molecular flexibility index (Phi) is 4.47. The number of nitrogens with zero attached hydrogens (tertiary/aromatic N) is 1. The maximum absolute atomic E-state index is 12.8. The molecule has 1 N–H and O–H groups in total. The second kappa shape index (κ2) is 6.68. The van der Waals surface area contributed by atoms with Gasteiger partial charge in [0.15, 0.2) is 5.78 Å². The van der Waals surface area contributed by atoms with Crippen LogP contribution < -0.4 is 4.90 Å². The van der Waals surface area contributed by atoms with Crippen LogP contribution >= 0.6 is 11.3 Å². The van der Waals surface area contributed by atoms with E-state index in [1.54, 1.807) is 0 Å². The first kappa shape index (κ1) is 18.1. The van der Waals surface area contributed by atoms with Gasteiger partial charge in [-0.15, -0.1) is 11.3 Å². The number of para-hydroxylation sites is 1. The average molecular weight is 380 g/mol. The fourth-order valence-electron chi connectivity index (χ4n) is 4.14. The molecule has 1 aliphatic carbocycles. The first-order chi connectivity index (χ1) is 13.0. The summed E-state index contributed by atoms with van der Waals surface area (Å²) < 4.78 is 0. The molecule has 1 atom stereocenters. The number of aliphatic hydroxyl groups is 1. The molecule has 0 saturated heterocycles. The second-order valence-corrected chi connectivity index (χ2v) is 8.77. The Morgan fingerprint density at radius 1 is 1.22 bits per heavy atom. The van der Waals surface area contributed by atoms with Crippen molar-refractivity contribution in [2.45, 2.75) is 44.9 Å². The smallest absolute Gasteiger partial charge is 0.182 e. The van der Waals surface area contributed by atoms with E-state index in [-0.39, 0.29) is 17.0 Å². The van der Waals surface area contributed by atoms with Crippen molar-refractivity contribution in [2.24, 2.45) is 0 Å². The number of fused-ring (bicyclic) bond motifs is 1. The Morgan fingerprint density at radius 2 is 2.00 bits per heavy atom. The van der Waals surface area contributed by atoms with Gasteiger partial charge in [0.2, 0.25) is 0 Å². The fourth-order valence-corrected chi connectivity index (χ4v) is 4.97. The Morgan fingerprint density at radius 3 is 2.67 bits per heavy atom. The summed E-state index contributed by atoms with van der Waals surface area (Å²) in [5.74, 6) is -0.255. The van der Waals surface area contributed by atoms with Crippen LogP contribution in [-0.2, 0) is 10.2 Å². The SMILES string of the molecule is CCCCN1/C(=C/C2=C(O)C(c3cccs3)C2=O)C(C)(C)c2ccccc21. The minimum absolute atomic E-state index is 0.0182. The highest BCUT2D eigenvalue weighted by molar-refractivity contribution is 7.10. The van der Waals surface area contributed by atoms with Crippen molar-refractivity contribution in [3.63, 3.8) is 0 Å². The quantitative estimate of drug-likeness (QED) is 0.723. The van der Waals surface area contributed by atoms with Gasteiger partial charge < -0.3 is 10.0 Å². The number of hydrogen-bond donors (Lipinski definition) is 1. The highest BCUT2D eigenvalue weighted by Gasteiger charge is 2.44. The van der Waals surface area contributed by atoms with Gasteiger partial charge in [0.1, 0.15) is 11.7 Å². The number of rotatable bonds is 5. The Balaban J connectivity index is 1.76. The molecule has 0 radical (unpaired) electrons. The zero-order valence-corrected chi connectivity index (χ0v) is 16.8. The topological polar surface area (TPSA) is 40.5 Å². The molecule has 3 nitrogen and oxygen atoms in total. The van der Waals surface area contributed by atoms with Gasteiger partial charge in [-0.2, -0.15) is 0 Å². The molecule has 2 heterocycles. The van der Waals surface area contributed by atoms with Crippen LogP contribution in [0.25, 0.3) is 0 Å². The monoisotopic (exact) mass is 379 g/mol. The predicted molar refractivity (Wildman–Crippen MR) is 112 cm³/mol. The summed E-state index contributed by atoms with van der Waals surface area (Å²) in [6, 6.07) is 12.3. The molecule has 0 saturated carbocycles. The number of carbonyl (C=O) groups is 1. The van der Waals surface area contributed by atoms with Gasteiger partial charge in [-0.3, -0.25) is 4.79 Å². The van der Waals surface area contributed by atoms with Crippen molar-refractivity contribution in [1.29, 1.82) is 0 Å². The van der Waals surface area contributed by atoms with E-state index in [9.17, 15) is 9.90 Å². The second-order valence-electron chi connectivity index (χ2n) is 7.79. The molecule has 0 spiro atoms. The maximum atomic E-state index is 12.8. The van der Waals surface area contributed by atoms with Crippen LogP contribution in [-0.4, -0.2) is 17.4 Å². The summed E-state index contributed by atoms with van der Waals surface area (Å²) in [4.78, 5) is 16.0. The number of ketones is 1. The summed E-state index contributed by atoms with van der Waals surface area (Å²) in [7, 11) is 0. The number of allylic oxidation sites excluding steroid dienone is 4. The number of anilines is 1. The van der Waals surface area contributed by atoms with Crippen molar-refractivity contribution in [1.82, 2.24) is 0 Å². The van der Waals surface area contributed by atoms with Gasteiger partial charge in [0.25, 0.3) is 0 Å². The van der Waals surface area contributed by atoms with E-state index in [1.165, 1.54) is 22.6 Å². The number of Topliss-reactive ketones (excluding diaryl/α,β-unsaturated/α-hetero) is 1. The number of benzene rings is 1. The first-order valence-corrected chi connectivity index (χ1v) is 10.4. The van der Waals surface area contributed by atoms with Crippen molar-refractivity contribution < 1.29 is 9.90 Å². The molecule has 0 bridgehead atoms. The standard InChI is InChI=1S/C23H25NO2S/c1-4-5-12-24-17-10-7-6-9-16(17)23(2,3)19(24)14-15-21(25)20(22(15)26)18-11-8-13-27-18/h6-11,13-14,20,25H,4-5,12H2,1-3H3/b19-14+. The van der Waals surface area contributed by atoms with Crippen LogP contribution in [0.15, 0.2) is 64.9 Å². The zero-order valence-electron chi connectivity index (χ0n) is 16.0. The van der Waals surface area contributed by atoms with E-state index < -0.39 is 5.92 Å². The number of hydrogen-bond acceptors (Lipinski definition) is 4. The largest absolute Gasteiger partial charge is 0.510 e. The van der Waals surface area contributed by atoms with E-state index in [1.807, 2.05) is 23.6 Å². The molecule has 27 heavy (non-hydrogen) atoms. The van der Waals surface area contributed by atoms with Gasteiger partial charge in [0, 0.05) is 28.2 Å². The van der Waals surface area contributed by atoms with E-state index in [0.717, 1.165) is 30.0 Å². The molecule has 1 unspecified atom stereocenters. The summed E-state index contributed by atoms with van der Waals surface area (Å²) in [5, 5.41) is 12.6. The molecule has 2 aliphatic rings. The maximum Gasteiger partial charge on any atom is 0.182 e. The van der Waals surface area contributed by atoms with Crippen molar-refractivity contribution in [2.75, 3.05) is 11.4 Å². The molecule has 4 heteroatoms. The lowest BCUT2D eigenvalue weighted by Gasteiger charge is -2.31. The van der Waals surface area contributed by atoms with E-state index in [2.05, 4.69) is 49.9 Å². The third-order valence-electron chi connectivity index (χ3n) is 5.72.